The minimum atomic E-state index is -3.78. The fourth-order valence-corrected chi connectivity index (χ4v) is 3.38. The largest absolute Gasteiger partial charge is 0.462 e. The molecule has 1 aromatic rings. The Balaban J connectivity index is 3.19. The number of ether oxygens (including phenoxy) is 1. The lowest BCUT2D eigenvalue weighted by molar-refractivity contribution is 0.0531. The lowest BCUT2D eigenvalue weighted by Gasteiger charge is -2.00. The van der Waals surface area contributed by atoms with E-state index in [1.54, 1.807) is 6.92 Å². The first-order valence-electron chi connectivity index (χ1n) is 4.64. The van der Waals surface area contributed by atoms with Crippen LogP contribution in [0.15, 0.2) is 10.3 Å². The number of carbonyl (C=O) groups excluding carboxylic acids is 1. The second-order valence-electron chi connectivity index (χ2n) is 2.93. The summed E-state index contributed by atoms with van der Waals surface area (Å²) >= 11 is 0.845. The number of aryl methyl sites for hydroxylation is 1. The van der Waals surface area contributed by atoms with E-state index in [4.69, 9.17) is 15.4 Å². The molecule has 0 spiro atoms. The van der Waals surface area contributed by atoms with Crippen molar-refractivity contribution in [2.24, 2.45) is 0 Å². The molecule has 4 nitrogen and oxygen atoms in total. The Kier molecular flexibility index (Phi) is 4.35. The van der Waals surface area contributed by atoms with Gasteiger partial charge in [-0.05, 0) is 25.0 Å². The maximum Gasteiger partial charge on any atom is 0.348 e. The van der Waals surface area contributed by atoms with Crippen LogP contribution in [0.1, 0.15) is 29.1 Å². The molecule has 0 saturated heterocycles. The second-order valence-corrected chi connectivity index (χ2v) is 6.78. The van der Waals surface area contributed by atoms with Gasteiger partial charge in [-0.25, -0.2) is 13.2 Å². The number of hydrogen-bond acceptors (Lipinski definition) is 5. The molecule has 0 aliphatic rings. The van der Waals surface area contributed by atoms with Crippen molar-refractivity contribution in [3.8, 4) is 0 Å². The number of rotatable bonds is 4. The minimum Gasteiger partial charge on any atom is -0.462 e. The molecule has 0 saturated carbocycles. The molecule has 16 heavy (non-hydrogen) atoms. The number of thiophene rings is 1. The van der Waals surface area contributed by atoms with E-state index in [1.807, 2.05) is 6.92 Å². The summed E-state index contributed by atoms with van der Waals surface area (Å²) in [7, 11) is 1.43. The molecule has 0 unspecified atom stereocenters. The topological polar surface area (TPSA) is 60.4 Å². The van der Waals surface area contributed by atoms with Crippen LogP contribution in [0.5, 0.6) is 0 Å². The molecule has 0 bridgehead atoms. The van der Waals surface area contributed by atoms with Crippen LogP contribution in [0.25, 0.3) is 0 Å². The number of halogens is 1. The van der Waals surface area contributed by atoms with E-state index in [2.05, 4.69) is 0 Å². The summed E-state index contributed by atoms with van der Waals surface area (Å²) < 4.78 is 27.0. The Morgan fingerprint density at radius 1 is 1.50 bits per heavy atom. The molecule has 90 valence electrons. The molecule has 0 aliphatic heterocycles. The average Bonchev–Trinajstić information content (AvgIpc) is 2.61. The summed E-state index contributed by atoms with van der Waals surface area (Å²) in [5, 5.41) is 0. The van der Waals surface area contributed by atoms with Crippen LogP contribution in [0.3, 0.4) is 0 Å². The van der Waals surface area contributed by atoms with E-state index in [9.17, 15) is 13.2 Å². The lowest BCUT2D eigenvalue weighted by atomic mass is 10.2. The smallest absolute Gasteiger partial charge is 0.348 e. The van der Waals surface area contributed by atoms with Gasteiger partial charge in [0.1, 0.15) is 9.09 Å². The van der Waals surface area contributed by atoms with E-state index < -0.39 is 15.0 Å². The van der Waals surface area contributed by atoms with Crippen LogP contribution in [-0.4, -0.2) is 21.0 Å². The molecule has 0 N–H and O–H groups in total. The van der Waals surface area contributed by atoms with Crippen molar-refractivity contribution in [3.05, 3.63) is 16.5 Å². The van der Waals surface area contributed by atoms with Gasteiger partial charge in [0.15, 0.2) is 0 Å². The van der Waals surface area contributed by atoms with Gasteiger partial charge in [0.05, 0.1) is 6.61 Å². The zero-order valence-corrected chi connectivity index (χ0v) is 11.2. The quantitative estimate of drug-likeness (QED) is 0.628. The summed E-state index contributed by atoms with van der Waals surface area (Å²) in [6.07, 6.45) is 0.553. The van der Waals surface area contributed by atoms with E-state index in [-0.39, 0.29) is 10.8 Å². The van der Waals surface area contributed by atoms with Gasteiger partial charge < -0.3 is 4.74 Å². The van der Waals surface area contributed by atoms with Gasteiger partial charge in [0.2, 0.25) is 0 Å². The summed E-state index contributed by atoms with van der Waals surface area (Å²) in [5.41, 5.74) is 0.641. The summed E-state index contributed by atoms with van der Waals surface area (Å²) in [5.74, 6) is -0.504. The number of esters is 1. The average molecular weight is 283 g/mol. The van der Waals surface area contributed by atoms with Crippen LogP contribution in [0.2, 0.25) is 0 Å². The molecule has 1 heterocycles. The summed E-state index contributed by atoms with van der Waals surface area (Å²) in [6, 6.07) is 1.42. The molecule has 1 aromatic heterocycles. The third-order valence-electron chi connectivity index (χ3n) is 1.87. The predicted octanol–water partition coefficient (Wildman–Crippen LogP) is 2.41. The fourth-order valence-electron chi connectivity index (χ4n) is 1.16. The zero-order valence-electron chi connectivity index (χ0n) is 8.82. The normalized spacial score (nSPS) is 11.4. The van der Waals surface area contributed by atoms with Crippen molar-refractivity contribution in [1.82, 2.24) is 0 Å². The van der Waals surface area contributed by atoms with E-state index in [0.717, 1.165) is 11.3 Å². The van der Waals surface area contributed by atoms with Crippen LogP contribution in [-0.2, 0) is 20.2 Å². The van der Waals surface area contributed by atoms with Crippen molar-refractivity contribution in [3.63, 3.8) is 0 Å². The molecular formula is C9H11ClO4S2. The molecular weight excluding hydrogens is 272 g/mol. The van der Waals surface area contributed by atoms with Gasteiger partial charge >= 0.3 is 5.97 Å². The Labute approximate surface area is 103 Å². The van der Waals surface area contributed by atoms with Crippen LogP contribution in [0.4, 0.5) is 0 Å². The Hall–Kier alpha value is -0.590. The molecule has 1 rings (SSSR count). The van der Waals surface area contributed by atoms with Crippen molar-refractivity contribution < 1.29 is 17.9 Å². The van der Waals surface area contributed by atoms with Gasteiger partial charge in [-0.1, -0.05) is 6.92 Å². The van der Waals surface area contributed by atoms with Crippen molar-refractivity contribution >= 4 is 37.0 Å². The highest BCUT2D eigenvalue weighted by Gasteiger charge is 2.21. The molecule has 0 fully saturated rings. The Morgan fingerprint density at radius 3 is 2.56 bits per heavy atom. The maximum atomic E-state index is 11.5. The zero-order chi connectivity index (χ0) is 12.3. The first kappa shape index (κ1) is 13.5. The van der Waals surface area contributed by atoms with Gasteiger partial charge in [-0.3, -0.25) is 0 Å². The third kappa shape index (κ3) is 2.96. The Bertz CT molecular complexity index is 490. The molecule has 0 aromatic carbocycles. The standard InChI is InChI=1S/C9H11ClO4S2/c1-3-6-5-7(16(10,12)13)15-8(6)9(11)14-4-2/h5H,3-4H2,1-2H3. The van der Waals surface area contributed by atoms with E-state index in [1.165, 1.54) is 6.07 Å². The van der Waals surface area contributed by atoms with Crippen LogP contribution >= 0.6 is 22.0 Å². The summed E-state index contributed by atoms with van der Waals surface area (Å²) in [4.78, 5) is 11.8. The van der Waals surface area contributed by atoms with Gasteiger partial charge in [-0.2, -0.15) is 0 Å². The summed E-state index contributed by atoms with van der Waals surface area (Å²) in [6.45, 7) is 3.77. The van der Waals surface area contributed by atoms with Crippen molar-refractivity contribution in [2.75, 3.05) is 6.61 Å². The lowest BCUT2D eigenvalue weighted by Crippen LogP contribution is -2.04. The predicted molar refractivity (Wildman–Crippen MR) is 62.7 cm³/mol. The maximum absolute atomic E-state index is 11.5. The van der Waals surface area contributed by atoms with Gasteiger partial charge in [0.25, 0.3) is 9.05 Å². The number of hydrogen-bond donors (Lipinski definition) is 0. The molecule has 0 amide bonds. The minimum absolute atomic E-state index is 0.0194. The second kappa shape index (κ2) is 5.16. The van der Waals surface area contributed by atoms with E-state index >= 15 is 0 Å². The highest BCUT2D eigenvalue weighted by atomic mass is 35.7. The monoisotopic (exact) mass is 282 g/mol. The Morgan fingerprint density at radius 2 is 2.12 bits per heavy atom. The highest BCUT2D eigenvalue weighted by Crippen LogP contribution is 2.29. The van der Waals surface area contributed by atoms with Crippen molar-refractivity contribution in [1.29, 1.82) is 0 Å². The molecule has 0 atom stereocenters. The molecule has 7 heteroatoms. The highest BCUT2D eigenvalue weighted by molar-refractivity contribution is 8.15. The van der Waals surface area contributed by atoms with E-state index in [0.29, 0.717) is 16.9 Å². The SMILES string of the molecule is CCOC(=O)c1sc(S(=O)(=O)Cl)cc1CC. The van der Waals surface area contributed by atoms with Gasteiger partial charge in [0, 0.05) is 10.7 Å². The van der Waals surface area contributed by atoms with Crippen LogP contribution in [0, 0.1) is 0 Å². The first-order chi connectivity index (χ1) is 7.40. The van der Waals surface area contributed by atoms with Gasteiger partial charge in [-0.15, -0.1) is 11.3 Å². The number of carbonyl (C=O) groups is 1. The van der Waals surface area contributed by atoms with Crippen LogP contribution < -0.4 is 0 Å². The molecule has 0 radical (unpaired) electrons. The fraction of sp³-hybridized carbons (Fsp3) is 0.444. The molecule has 0 aliphatic carbocycles. The first-order valence-corrected chi connectivity index (χ1v) is 7.77. The third-order valence-corrected chi connectivity index (χ3v) is 5.10. The van der Waals surface area contributed by atoms with Crippen molar-refractivity contribution in [2.45, 2.75) is 24.5 Å².